The molecular formula is C19H22N6OS. The molecule has 140 valence electrons. The van der Waals surface area contributed by atoms with Gasteiger partial charge in [0.1, 0.15) is 0 Å². The Labute approximate surface area is 161 Å². The van der Waals surface area contributed by atoms with E-state index in [0.717, 1.165) is 53.6 Å². The number of benzene rings is 1. The monoisotopic (exact) mass is 382 g/mol. The quantitative estimate of drug-likeness (QED) is 0.724. The van der Waals surface area contributed by atoms with E-state index in [9.17, 15) is 4.79 Å². The fraction of sp³-hybridized carbons (Fsp3) is 0.368. The topological polar surface area (TPSA) is 84.7 Å². The number of carbonyl (C=O) groups is 1. The van der Waals surface area contributed by atoms with Gasteiger partial charge >= 0.3 is 0 Å². The van der Waals surface area contributed by atoms with Gasteiger partial charge in [0.05, 0.1) is 22.4 Å². The predicted molar refractivity (Wildman–Crippen MR) is 106 cm³/mol. The van der Waals surface area contributed by atoms with Crippen LogP contribution in [0.4, 0.5) is 5.69 Å². The second kappa shape index (κ2) is 7.58. The van der Waals surface area contributed by atoms with Crippen LogP contribution in [0.15, 0.2) is 29.6 Å². The summed E-state index contributed by atoms with van der Waals surface area (Å²) in [6.45, 7) is 5.83. The number of nitrogens with one attached hydrogen (secondary N) is 2. The third-order valence-corrected chi connectivity index (χ3v) is 5.63. The highest BCUT2D eigenvalue weighted by Crippen LogP contribution is 2.24. The first-order valence-electron chi connectivity index (χ1n) is 9.08. The number of aryl methyl sites for hydroxylation is 1. The summed E-state index contributed by atoms with van der Waals surface area (Å²) in [5.41, 5.74) is 3.91. The maximum Gasteiger partial charge on any atom is 0.278 e. The van der Waals surface area contributed by atoms with Crippen molar-refractivity contribution in [2.24, 2.45) is 0 Å². The Hall–Kier alpha value is -2.58. The number of rotatable bonds is 4. The molecule has 1 aliphatic heterocycles. The molecule has 0 bridgehead atoms. The van der Waals surface area contributed by atoms with Crippen molar-refractivity contribution in [3.63, 3.8) is 0 Å². The van der Waals surface area contributed by atoms with E-state index in [1.807, 2.05) is 48.2 Å². The van der Waals surface area contributed by atoms with E-state index >= 15 is 0 Å². The molecule has 0 radical (unpaired) electrons. The molecule has 1 fully saturated rings. The van der Waals surface area contributed by atoms with Gasteiger partial charge in [0.15, 0.2) is 5.69 Å². The Kier molecular flexibility index (Phi) is 5.00. The van der Waals surface area contributed by atoms with Crippen LogP contribution in [0.25, 0.3) is 11.3 Å². The van der Waals surface area contributed by atoms with E-state index in [1.54, 1.807) is 11.3 Å². The van der Waals surface area contributed by atoms with Crippen molar-refractivity contribution in [3.8, 4) is 11.3 Å². The molecular weight excluding hydrogens is 360 g/mol. The summed E-state index contributed by atoms with van der Waals surface area (Å²) in [7, 11) is 0. The average molecular weight is 382 g/mol. The van der Waals surface area contributed by atoms with Crippen molar-refractivity contribution >= 4 is 22.9 Å². The van der Waals surface area contributed by atoms with Crippen LogP contribution in [0.1, 0.15) is 40.1 Å². The molecule has 8 heteroatoms. The van der Waals surface area contributed by atoms with Crippen LogP contribution in [0.3, 0.4) is 0 Å². The van der Waals surface area contributed by atoms with Crippen LogP contribution < -0.4 is 10.6 Å². The molecule has 1 amide bonds. The molecule has 7 nitrogen and oxygen atoms in total. The summed E-state index contributed by atoms with van der Waals surface area (Å²) in [6, 6.07) is 8.00. The third kappa shape index (κ3) is 3.77. The number of amides is 1. The van der Waals surface area contributed by atoms with Crippen molar-refractivity contribution in [1.29, 1.82) is 0 Å². The number of anilines is 1. The van der Waals surface area contributed by atoms with Crippen LogP contribution in [0, 0.1) is 13.8 Å². The molecule has 3 heterocycles. The van der Waals surface area contributed by atoms with E-state index in [4.69, 9.17) is 0 Å². The van der Waals surface area contributed by atoms with Crippen molar-refractivity contribution in [2.75, 3.05) is 18.4 Å². The highest BCUT2D eigenvalue weighted by molar-refractivity contribution is 7.09. The molecule has 1 aromatic carbocycles. The normalized spacial score (nSPS) is 15.0. The first-order chi connectivity index (χ1) is 13.1. The smallest absolute Gasteiger partial charge is 0.278 e. The van der Waals surface area contributed by atoms with Gasteiger partial charge in [-0.3, -0.25) is 4.79 Å². The number of thiazole rings is 1. The zero-order valence-electron chi connectivity index (χ0n) is 15.4. The van der Waals surface area contributed by atoms with Gasteiger partial charge in [0.2, 0.25) is 0 Å². The Bertz CT molecular complexity index is 940. The fourth-order valence-corrected chi connectivity index (χ4v) is 3.98. The molecule has 4 rings (SSSR count). The lowest BCUT2D eigenvalue weighted by molar-refractivity contribution is 0.102. The van der Waals surface area contributed by atoms with Crippen molar-refractivity contribution in [1.82, 2.24) is 25.3 Å². The van der Waals surface area contributed by atoms with Gasteiger partial charge in [-0.1, -0.05) is 17.3 Å². The Morgan fingerprint density at radius 3 is 2.63 bits per heavy atom. The van der Waals surface area contributed by atoms with Gasteiger partial charge in [-0.05, 0) is 51.9 Å². The largest absolute Gasteiger partial charge is 0.321 e. The van der Waals surface area contributed by atoms with E-state index in [1.165, 1.54) is 0 Å². The van der Waals surface area contributed by atoms with Gasteiger partial charge in [-0.2, -0.15) is 0 Å². The predicted octanol–water partition coefficient (Wildman–Crippen LogP) is 3.20. The third-order valence-electron chi connectivity index (χ3n) is 4.85. The highest BCUT2D eigenvalue weighted by atomic mass is 32.1. The van der Waals surface area contributed by atoms with Gasteiger partial charge in [-0.15, -0.1) is 16.4 Å². The summed E-state index contributed by atoms with van der Waals surface area (Å²) < 4.78 is 1.89. The van der Waals surface area contributed by atoms with Crippen LogP contribution in [0.5, 0.6) is 0 Å². The number of aromatic nitrogens is 4. The molecule has 0 aliphatic carbocycles. The standard InChI is InChI=1S/C19H22N6OS/c1-12-18(23-24-25(12)16-7-9-20-10-8-16)19(26)22-15-5-3-14(4-6-15)17-11-27-13(2)21-17/h3-6,11,16,20H,7-10H2,1-2H3,(H,22,26). The Balaban J connectivity index is 1.47. The number of piperidine rings is 1. The molecule has 27 heavy (non-hydrogen) atoms. The summed E-state index contributed by atoms with van der Waals surface area (Å²) in [6.07, 6.45) is 2.01. The number of hydrogen-bond donors (Lipinski definition) is 2. The lowest BCUT2D eigenvalue weighted by atomic mass is 10.1. The highest BCUT2D eigenvalue weighted by Gasteiger charge is 2.23. The molecule has 0 unspecified atom stereocenters. The Morgan fingerprint density at radius 1 is 1.22 bits per heavy atom. The van der Waals surface area contributed by atoms with E-state index in [-0.39, 0.29) is 5.91 Å². The first kappa shape index (κ1) is 17.8. The minimum Gasteiger partial charge on any atom is -0.321 e. The molecule has 0 spiro atoms. The molecule has 0 atom stereocenters. The Morgan fingerprint density at radius 2 is 1.96 bits per heavy atom. The zero-order valence-corrected chi connectivity index (χ0v) is 16.2. The van der Waals surface area contributed by atoms with E-state index < -0.39 is 0 Å². The van der Waals surface area contributed by atoms with Crippen molar-refractivity contribution in [2.45, 2.75) is 32.7 Å². The fourth-order valence-electron chi connectivity index (χ4n) is 3.36. The second-order valence-electron chi connectivity index (χ2n) is 6.73. The van der Waals surface area contributed by atoms with Gasteiger partial charge in [0, 0.05) is 16.6 Å². The van der Waals surface area contributed by atoms with Gasteiger partial charge in [-0.25, -0.2) is 9.67 Å². The van der Waals surface area contributed by atoms with E-state index in [0.29, 0.717) is 11.7 Å². The average Bonchev–Trinajstić information content (AvgIpc) is 3.29. The van der Waals surface area contributed by atoms with Crippen molar-refractivity contribution < 1.29 is 4.79 Å². The van der Waals surface area contributed by atoms with Crippen LogP contribution in [0.2, 0.25) is 0 Å². The maximum absolute atomic E-state index is 12.6. The van der Waals surface area contributed by atoms with Gasteiger partial charge < -0.3 is 10.6 Å². The number of nitrogens with zero attached hydrogens (tertiary/aromatic N) is 4. The molecule has 1 aliphatic rings. The second-order valence-corrected chi connectivity index (χ2v) is 7.79. The minimum absolute atomic E-state index is 0.232. The summed E-state index contributed by atoms with van der Waals surface area (Å²) >= 11 is 1.62. The maximum atomic E-state index is 12.6. The van der Waals surface area contributed by atoms with Crippen LogP contribution in [-0.4, -0.2) is 39.0 Å². The summed E-state index contributed by atoms with van der Waals surface area (Å²) in [5, 5.41) is 17.7. The SMILES string of the molecule is Cc1nc(-c2ccc(NC(=O)c3nnn(C4CCNCC4)c3C)cc2)cs1. The summed E-state index contributed by atoms with van der Waals surface area (Å²) in [5.74, 6) is -0.232. The van der Waals surface area contributed by atoms with Crippen LogP contribution >= 0.6 is 11.3 Å². The van der Waals surface area contributed by atoms with Gasteiger partial charge in [0.25, 0.3) is 5.91 Å². The zero-order chi connectivity index (χ0) is 18.8. The van der Waals surface area contributed by atoms with Crippen molar-refractivity contribution in [3.05, 3.63) is 46.0 Å². The number of carbonyl (C=O) groups excluding carboxylic acids is 1. The molecule has 2 N–H and O–H groups in total. The lowest BCUT2D eigenvalue weighted by Gasteiger charge is -2.23. The van der Waals surface area contributed by atoms with E-state index in [2.05, 4.69) is 25.9 Å². The minimum atomic E-state index is -0.232. The summed E-state index contributed by atoms with van der Waals surface area (Å²) in [4.78, 5) is 17.1. The molecule has 2 aromatic heterocycles. The van der Waals surface area contributed by atoms with Crippen LogP contribution in [-0.2, 0) is 0 Å². The number of hydrogen-bond acceptors (Lipinski definition) is 6. The molecule has 3 aromatic rings. The molecule has 0 saturated carbocycles. The first-order valence-corrected chi connectivity index (χ1v) is 9.96. The molecule has 1 saturated heterocycles. The lowest BCUT2D eigenvalue weighted by Crippen LogP contribution is -2.30.